The molecular formula is C16H14N6O3S. The maximum absolute atomic E-state index is 12.7. The van der Waals surface area contributed by atoms with Crippen LogP contribution in [0.4, 0.5) is 11.4 Å². The van der Waals surface area contributed by atoms with Crippen LogP contribution in [0.2, 0.25) is 0 Å². The predicted octanol–water partition coefficient (Wildman–Crippen LogP) is 2.83. The molecule has 0 aliphatic rings. The van der Waals surface area contributed by atoms with Gasteiger partial charge in [0.25, 0.3) is 11.6 Å². The first kappa shape index (κ1) is 17.5. The monoisotopic (exact) mass is 370 g/mol. The number of aromatic nitrogens is 4. The smallest absolute Gasteiger partial charge is 0.270 e. The number of carbonyl (C=O) groups is 1. The van der Waals surface area contributed by atoms with Crippen molar-refractivity contribution in [3.8, 4) is 0 Å². The zero-order chi connectivity index (χ0) is 18.7. The molecule has 0 saturated carbocycles. The van der Waals surface area contributed by atoms with Gasteiger partial charge in [-0.1, -0.05) is 12.1 Å². The second-order valence-corrected chi connectivity index (χ2v) is 6.46. The van der Waals surface area contributed by atoms with Crippen molar-refractivity contribution in [2.75, 3.05) is 5.32 Å². The zero-order valence-electron chi connectivity index (χ0n) is 13.9. The first-order valence-corrected chi connectivity index (χ1v) is 8.32. The highest BCUT2D eigenvalue weighted by atomic mass is 32.2. The Balaban J connectivity index is 1.96. The first-order chi connectivity index (χ1) is 12.4. The number of nitro groups is 1. The van der Waals surface area contributed by atoms with E-state index in [1.807, 2.05) is 25.1 Å². The molecule has 0 radical (unpaired) electrons. The van der Waals surface area contributed by atoms with Crippen molar-refractivity contribution in [3.05, 3.63) is 63.7 Å². The molecular weight excluding hydrogens is 356 g/mol. The number of nitro benzene ring substituents is 1. The molecule has 3 aromatic rings. The van der Waals surface area contributed by atoms with Gasteiger partial charge in [0.15, 0.2) is 0 Å². The number of amides is 1. The standard InChI is InChI=1S/C16H14N6O3S/c1-10-4-3-5-11(8-10)17-15(23)13-9-12(22(24)25)6-7-14(13)26-16-18-19-20-21(16)2/h3-9H,1-2H3,(H,17,23). The fraction of sp³-hybridized carbons (Fsp3) is 0.125. The highest BCUT2D eigenvalue weighted by Gasteiger charge is 2.19. The number of rotatable bonds is 5. The molecule has 1 amide bonds. The van der Waals surface area contributed by atoms with E-state index < -0.39 is 10.8 Å². The summed E-state index contributed by atoms with van der Waals surface area (Å²) < 4.78 is 1.45. The highest BCUT2D eigenvalue weighted by molar-refractivity contribution is 7.99. The highest BCUT2D eigenvalue weighted by Crippen LogP contribution is 2.31. The number of nitrogens with one attached hydrogen (secondary N) is 1. The number of carbonyl (C=O) groups excluding carboxylic acids is 1. The summed E-state index contributed by atoms with van der Waals surface area (Å²) in [7, 11) is 1.67. The van der Waals surface area contributed by atoms with E-state index in [0.29, 0.717) is 15.7 Å². The number of benzene rings is 2. The van der Waals surface area contributed by atoms with E-state index in [-0.39, 0.29) is 11.3 Å². The molecule has 26 heavy (non-hydrogen) atoms. The molecule has 2 aromatic carbocycles. The van der Waals surface area contributed by atoms with Gasteiger partial charge in [-0.25, -0.2) is 4.68 Å². The molecule has 1 heterocycles. The van der Waals surface area contributed by atoms with Gasteiger partial charge in [-0.05, 0) is 52.9 Å². The van der Waals surface area contributed by atoms with Gasteiger partial charge in [0.1, 0.15) is 0 Å². The van der Waals surface area contributed by atoms with Crippen LogP contribution in [0.1, 0.15) is 15.9 Å². The lowest BCUT2D eigenvalue weighted by Gasteiger charge is -2.10. The molecule has 0 atom stereocenters. The van der Waals surface area contributed by atoms with E-state index >= 15 is 0 Å². The Labute approximate surface area is 152 Å². The lowest BCUT2D eigenvalue weighted by molar-refractivity contribution is -0.384. The van der Waals surface area contributed by atoms with Crippen molar-refractivity contribution in [2.45, 2.75) is 17.0 Å². The van der Waals surface area contributed by atoms with Crippen LogP contribution in [0.3, 0.4) is 0 Å². The summed E-state index contributed by atoms with van der Waals surface area (Å²) in [5.74, 6) is -0.447. The van der Waals surface area contributed by atoms with Crippen molar-refractivity contribution in [1.82, 2.24) is 20.2 Å². The normalized spacial score (nSPS) is 10.5. The van der Waals surface area contributed by atoms with E-state index in [4.69, 9.17) is 0 Å². The van der Waals surface area contributed by atoms with Crippen molar-refractivity contribution >= 4 is 29.0 Å². The summed E-state index contributed by atoms with van der Waals surface area (Å²) >= 11 is 1.15. The quantitative estimate of drug-likeness (QED) is 0.542. The molecule has 9 nitrogen and oxygen atoms in total. The molecule has 0 saturated heterocycles. The molecule has 0 fully saturated rings. The Kier molecular flexibility index (Phi) is 4.94. The summed E-state index contributed by atoms with van der Waals surface area (Å²) in [5, 5.41) is 25.5. The number of non-ortho nitro benzene ring substituents is 1. The van der Waals surface area contributed by atoms with Gasteiger partial charge in [0.05, 0.1) is 10.5 Å². The number of hydrogen-bond acceptors (Lipinski definition) is 7. The third-order valence-corrected chi connectivity index (χ3v) is 4.58. The van der Waals surface area contributed by atoms with E-state index in [1.165, 1.54) is 22.9 Å². The van der Waals surface area contributed by atoms with Crippen LogP contribution in [0.25, 0.3) is 0 Å². The van der Waals surface area contributed by atoms with Crippen LogP contribution in [0, 0.1) is 17.0 Å². The lowest BCUT2D eigenvalue weighted by atomic mass is 10.1. The number of aryl methyl sites for hydroxylation is 2. The minimum absolute atomic E-state index is 0.167. The van der Waals surface area contributed by atoms with Crippen LogP contribution in [-0.4, -0.2) is 31.0 Å². The average molecular weight is 370 g/mol. The van der Waals surface area contributed by atoms with Crippen LogP contribution in [-0.2, 0) is 7.05 Å². The lowest BCUT2D eigenvalue weighted by Crippen LogP contribution is -2.13. The fourth-order valence-electron chi connectivity index (χ4n) is 2.23. The van der Waals surface area contributed by atoms with Gasteiger partial charge in [0, 0.05) is 29.8 Å². The Morgan fingerprint density at radius 3 is 2.73 bits per heavy atom. The molecule has 1 aromatic heterocycles. The number of tetrazole rings is 1. The SMILES string of the molecule is Cc1cccc(NC(=O)c2cc([N+](=O)[O-])ccc2Sc2nnnn2C)c1. The second kappa shape index (κ2) is 7.31. The summed E-state index contributed by atoms with van der Waals surface area (Å²) in [6.45, 7) is 1.91. The Hall–Kier alpha value is -3.27. The third kappa shape index (κ3) is 3.86. The fourth-order valence-corrected chi connectivity index (χ4v) is 3.07. The number of anilines is 1. The largest absolute Gasteiger partial charge is 0.322 e. The first-order valence-electron chi connectivity index (χ1n) is 7.50. The maximum atomic E-state index is 12.7. The molecule has 0 spiro atoms. The summed E-state index contributed by atoms with van der Waals surface area (Å²) in [6.07, 6.45) is 0. The van der Waals surface area contributed by atoms with Crippen LogP contribution < -0.4 is 5.32 Å². The molecule has 0 bridgehead atoms. The zero-order valence-corrected chi connectivity index (χ0v) is 14.7. The van der Waals surface area contributed by atoms with Crippen LogP contribution in [0.5, 0.6) is 0 Å². The van der Waals surface area contributed by atoms with Crippen molar-refractivity contribution in [1.29, 1.82) is 0 Å². The molecule has 132 valence electrons. The molecule has 0 aliphatic heterocycles. The Morgan fingerprint density at radius 2 is 2.08 bits per heavy atom. The molecule has 3 rings (SSSR count). The van der Waals surface area contributed by atoms with Crippen molar-refractivity contribution in [2.24, 2.45) is 7.05 Å². The number of nitrogens with zero attached hydrogens (tertiary/aromatic N) is 5. The van der Waals surface area contributed by atoms with Gasteiger partial charge >= 0.3 is 0 Å². The van der Waals surface area contributed by atoms with E-state index in [1.54, 1.807) is 13.1 Å². The van der Waals surface area contributed by atoms with Gasteiger partial charge < -0.3 is 5.32 Å². The predicted molar refractivity (Wildman–Crippen MR) is 95.1 cm³/mol. The molecule has 10 heteroatoms. The Bertz CT molecular complexity index is 988. The summed E-state index contributed by atoms with van der Waals surface area (Å²) in [4.78, 5) is 23.8. The van der Waals surface area contributed by atoms with Gasteiger partial charge in [-0.15, -0.1) is 5.10 Å². The van der Waals surface area contributed by atoms with E-state index in [0.717, 1.165) is 17.3 Å². The second-order valence-electron chi connectivity index (χ2n) is 5.45. The average Bonchev–Trinajstić information content (AvgIpc) is 3.00. The summed E-state index contributed by atoms with van der Waals surface area (Å²) in [6, 6.07) is 11.4. The van der Waals surface area contributed by atoms with E-state index in [2.05, 4.69) is 20.8 Å². The molecule has 1 N–H and O–H groups in total. The minimum atomic E-state index is -0.540. The Morgan fingerprint density at radius 1 is 1.27 bits per heavy atom. The summed E-state index contributed by atoms with van der Waals surface area (Å²) in [5.41, 5.74) is 1.60. The third-order valence-electron chi connectivity index (χ3n) is 3.48. The van der Waals surface area contributed by atoms with Gasteiger partial charge in [0.2, 0.25) is 5.16 Å². The maximum Gasteiger partial charge on any atom is 0.270 e. The van der Waals surface area contributed by atoms with Crippen LogP contribution >= 0.6 is 11.8 Å². The molecule has 0 unspecified atom stereocenters. The van der Waals surface area contributed by atoms with E-state index in [9.17, 15) is 14.9 Å². The van der Waals surface area contributed by atoms with Crippen molar-refractivity contribution < 1.29 is 9.72 Å². The molecule has 0 aliphatic carbocycles. The topological polar surface area (TPSA) is 116 Å². The minimum Gasteiger partial charge on any atom is -0.322 e. The van der Waals surface area contributed by atoms with Crippen molar-refractivity contribution in [3.63, 3.8) is 0 Å². The number of hydrogen-bond donors (Lipinski definition) is 1. The van der Waals surface area contributed by atoms with Gasteiger partial charge in [-0.2, -0.15) is 0 Å². The van der Waals surface area contributed by atoms with Gasteiger partial charge in [-0.3, -0.25) is 14.9 Å². The van der Waals surface area contributed by atoms with Crippen LogP contribution in [0.15, 0.2) is 52.5 Å².